The smallest absolute Gasteiger partial charge is 0.237 e. The Morgan fingerprint density at radius 3 is 2.56 bits per heavy atom. The molecule has 1 atom stereocenters. The number of hydrogen-bond donors (Lipinski definition) is 2. The second-order valence-corrected chi connectivity index (χ2v) is 8.30. The molecule has 0 aliphatic rings. The number of anilines is 2. The highest BCUT2D eigenvalue weighted by atomic mass is 79.9. The van der Waals surface area contributed by atoms with E-state index in [0.29, 0.717) is 11.0 Å². The number of H-pyrrole nitrogens is 1. The third kappa shape index (κ3) is 4.90. The van der Waals surface area contributed by atoms with Crippen LogP contribution in [0.3, 0.4) is 0 Å². The van der Waals surface area contributed by atoms with Crippen molar-refractivity contribution < 1.29 is 4.79 Å². The van der Waals surface area contributed by atoms with Gasteiger partial charge in [0.2, 0.25) is 11.1 Å². The second-order valence-electron chi connectivity index (χ2n) is 6.14. The lowest BCUT2D eigenvalue weighted by Crippen LogP contribution is -2.22. The van der Waals surface area contributed by atoms with Crippen LogP contribution in [0.5, 0.6) is 0 Å². The summed E-state index contributed by atoms with van der Waals surface area (Å²) in [7, 11) is 3.96. The lowest BCUT2D eigenvalue weighted by atomic mass is 10.2. The number of benzene rings is 2. The van der Waals surface area contributed by atoms with Crippen LogP contribution in [0, 0.1) is 0 Å². The van der Waals surface area contributed by atoms with Crippen molar-refractivity contribution in [2.75, 3.05) is 24.3 Å². The predicted molar refractivity (Wildman–Crippen MR) is 114 cm³/mol. The molecule has 1 heterocycles. The summed E-state index contributed by atoms with van der Waals surface area (Å²) in [6.45, 7) is 1.84. The minimum absolute atomic E-state index is 0.0927. The monoisotopic (exact) mass is 445 g/mol. The van der Waals surface area contributed by atoms with Crippen LogP contribution in [-0.2, 0) is 4.79 Å². The minimum Gasteiger partial charge on any atom is -0.378 e. The van der Waals surface area contributed by atoms with Gasteiger partial charge in [-0.2, -0.15) is 0 Å². The number of halogens is 1. The zero-order valence-electron chi connectivity index (χ0n) is 15.2. The van der Waals surface area contributed by atoms with Crippen LogP contribution in [0.15, 0.2) is 58.2 Å². The Labute approximate surface area is 170 Å². The van der Waals surface area contributed by atoms with Crippen molar-refractivity contribution in [2.24, 2.45) is 0 Å². The van der Waals surface area contributed by atoms with Gasteiger partial charge in [-0.15, -0.1) is 5.10 Å². The molecular formula is C19H20BrN5OS. The minimum atomic E-state index is -0.332. The first-order chi connectivity index (χ1) is 12.9. The quantitative estimate of drug-likeness (QED) is 0.549. The van der Waals surface area contributed by atoms with Gasteiger partial charge in [0, 0.05) is 35.5 Å². The third-order valence-electron chi connectivity index (χ3n) is 3.90. The van der Waals surface area contributed by atoms with Gasteiger partial charge in [0.25, 0.3) is 0 Å². The van der Waals surface area contributed by atoms with Crippen LogP contribution in [0.4, 0.5) is 11.4 Å². The molecule has 0 bridgehead atoms. The van der Waals surface area contributed by atoms with E-state index in [1.54, 1.807) is 0 Å². The summed E-state index contributed by atoms with van der Waals surface area (Å²) in [4.78, 5) is 18.9. The van der Waals surface area contributed by atoms with E-state index < -0.39 is 0 Å². The van der Waals surface area contributed by atoms with E-state index in [0.717, 1.165) is 21.4 Å². The van der Waals surface area contributed by atoms with Crippen LogP contribution < -0.4 is 10.2 Å². The van der Waals surface area contributed by atoms with Crippen molar-refractivity contribution >= 4 is 45.0 Å². The lowest BCUT2D eigenvalue weighted by molar-refractivity contribution is -0.115. The van der Waals surface area contributed by atoms with E-state index in [1.807, 2.05) is 74.4 Å². The molecular weight excluding hydrogens is 426 g/mol. The Hall–Kier alpha value is -2.32. The predicted octanol–water partition coefficient (Wildman–Crippen LogP) is 4.42. The maximum atomic E-state index is 12.5. The molecule has 6 nitrogen and oxygen atoms in total. The molecule has 2 N–H and O–H groups in total. The fraction of sp³-hybridized carbons (Fsp3) is 0.211. The van der Waals surface area contributed by atoms with E-state index in [-0.39, 0.29) is 11.2 Å². The average molecular weight is 446 g/mol. The fourth-order valence-corrected chi connectivity index (χ4v) is 3.57. The Morgan fingerprint density at radius 1 is 1.19 bits per heavy atom. The molecule has 0 aliphatic carbocycles. The lowest BCUT2D eigenvalue weighted by Gasteiger charge is -2.14. The molecule has 1 aromatic heterocycles. The first-order valence-corrected chi connectivity index (χ1v) is 10.0. The standard InChI is InChI=1S/C19H20BrN5OS/c1-12(18(26)21-13-8-10-14(11-9-13)25(2)3)27-19-22-17(23-24-19)15-6-4-5-7-16(15)20/h4-12H,1-3H3,(H,21,26)(H,22,23,24). The summed E-state index contributed by atoms with van der Waals surface area (Å²) < 4.78 is 0.935. The van der Waals surface area contributed by atoms with Crippen LogP contribution in [-0.4, -0.2) is 40.4 Å². The van der Waals surface area contributed by atoms with Gasteiger partial charge in [0.15, 0.2) is 5.82 Å². The Morgan fingerprint density at radius 2 is 1.89 bits per heavy atom. The van der Waals surface area contributed by atoms with Crippen molar-refractivity contribution in [2.45, 2.75) is 17.3 Å². The largest absolute Gasteiger partial charge is 0.378 e. The number of carbonyl (C=O) groups is 1. The molecule has 140 valence electrons. The first kappa shape index (κ1) is 19.4. The number of nitrogens with one attached hydrogen (secondary N) is 2. The second kappa shape index (κ2) is 8.58. The number of amides is 1. The zero-order valence-corrected chi connectivity index (χ0v) is 17.6. The summed E-state index contributed by atoms with van der Waals surface area (Å²) >= 11 is 4.82. The van der Waals surface area contributed by atoms with E-state index in [4.69, 9.17) is 0 Å². The highest BCUT2D eigenvalue weighted by Gasteiger charge is 2.18. The van der Waals surface area contributed by atoms with E-state index in [1.165, 1.54) is 11.8 Å². The molecule has 3 aromatic rings. The SMILES string of the molecule is CC(Sc1n[nH]c(-c2ccccc2Br)n1)C(=O)Nc1ccc(N(C)C)cc1. The van der Waals surface area contributed by atoms with Crippen LogP contribution >= 0.6 is 27.7 Å². The number of nitrogens with zero attached hydrogens (tertiary/aromatic N) is 3. The number of aromatic nitrogens is 3. The van der Waals surface area contributed by atoms with Gasteiger partial charge in [-0.3, -0.25) is 9.89 Å². The summed E-state index contributed by atoms with van der Waals surface area (Å²) in [6, 6.07) is 15.5. The third-order valence-corrected chi connectivity index (χ3v) is 5.55. The molecule has 0 spiro atoms. The maximum absolute atomic E-state index is 12.5. The van der Waals surface area contributed by atoms with Crippen LogP contribution in [0.25, 0.3) is 11.4 Å². The highest BCUT2D eigenvalue weighted by molar-refractivity contribution is 9.10. The molecule has 0 fully saturated rings. The van der Waals surface area contributed by atoms with Gasteiger partial charge in [0.05, 0.1) is 5.25 Å². The van der Waals surface area contributed by atoms with Crippen LogP contribution in [0.1, 0.15) is 6.92 Å². The van der Waals surface area contributed by atoms with Gasteiger partial charge < -0.3 is 10.2 Å². The molecule has 0 saturated heterocycles. The number of thioether (sulfide) groups is 1. The molecule has 0 aliphatic heterocycles. The number of carbonyl (C=O) groups excluding carboxylic acids is 1. The topological polar surface area (TPSA) is 73.9 Å². The summed E-state index contributed by atoms with van der Waals surface area (Å²) in [5.74, 6) is 0.571. The number of aromatic amines is 1. The average Bonchev–Trinajstić information content (AvgIpc) is 3.10. The summed E-state index contributed by atoms with van der Waals surface area (Å²) in [5, 5.41) is 10.3. The fourth-order valence-electron chi connectivity index (χ4n) is 2.37. The summed E-state index contributed by atoms with van der Waals surface area (Å²) in [6.07, 6.45) is 0. The molecule has 1 amide bonds. The van der Waals surface area contributed by atoms with Gasteiger partial charge >= 0.3 is 0 Å². The van der Waals surface area contributed by atoms with Crippen molar-refractivity contribution in [3.63, 3.8) is 0 Å². The Kier molecular flexibility index (Phi) is 6.18. The Bertz CT molecular complexity index is 926. The Balaban J connectivity index is 1.62. The molecule has 8 heteroatoms. The molecule has 2 aromatic carbocycles. The van der Waals surface area contributed by atoms with Gasteiger partial charge in [0.1, 0.15) is 0 Å². The van der Waals surface area contributed by atoms with E-state index >= 15 is 0 Å². The van der Waals surface area contributed by atoms with Gasteiger partial charge in [-0.1, -0.05) is 45.9 Å². The van der Waals surface area contributed by atoms with E-state index in [9.17, 15) is 4.79 Å². The van der Waals surface area contributed by atoms with Crippen molar-refractivity contribution in [3.05, 3.63) is 53.0 Å². The zero-order chi connectivity index (χ0) is 19.4. The van der Waals surface area contributed by atoms with Gasteiger partial charge in [-0.25, -0.2) is 4.98 Å². The van der Waals surface area contributed by atoms with E-state index in [2.05, 4.69) is 36.4 Å². The molecule has 1 unspecified atom stereocenters. The maximum Gasteiger partial charge on any atom is 0.237 e. The number of rotatable bonds is 6. The van der Waals surface area contributed by atoms with Crippen molar-refractivity contribution in [3.8, 4) is 11.4 Å². The molecule has 0 saturated carbocycles. The van der Waals surface area contributed by atoms with Gasteiger partial charge in [-0.05, 0) is 37.3 Å². The molecule has 3 rings (SSSR count). The summed E-state index contributed by atoms with van der Waals surface area (Å²) in [5.41, 5.74) is 2.77. The number of hydrogen-bond acceptors (Lipinski definition) is 5. The van der Waals surface area contributed by atoms with Crippen molar-refractivity contribution in [1.82, 2.24) is 15.2 Å². The normalized spacial score (nSPS) is 11.9. The van der Waals surface area contributed by atoms with Crippen molar-refractivity contribution in [1.29, 1.82) is 0 Å². The first-order valence-electron chi connectivity index (χ1n) is 8.36. The molecule has 0 radical (unpaired) electrons. The van der Waals surface area contributed by atoms with Crippen LogP contribution in [0.2, 0.25) is 0 Å². The highest BCUT2D eigenvalue weighted by Crippen LogP contribution is 2.28. The molecule has 27 heavy (non-hydrogen) atoms.